The number of aliphatic hydroxyl groups excluding tert-OH is 1. The van der Waals surface area contributed by atoms with Crippen molar-refractivity contribution in [3.63, 3.8) is 0 Å². The van der Waals surface area contributed by atoms with Crippen LogP contribution in [-0.2, 0) is 78.3 Å². The van der Waals surface area contributed by atoms with Crippen molar-refractivity contribution in [2.75, 3.05) is 19.7 Å². The van der Waals surface area contributed by atoms with Gasteiger partial charge in [-0.3, -0.25) is 67.1 Å². The van der Waals surface area contributed by atoms with Gasteiger partial charge in [0.25, 0.3) is 0 Å². The number of carbonyl (C=O) groups excluding carboxylic acids is 10. The van der Waals surface area contributed by atoms with Crippen molar-refractivity contribution in [3.05, 3.63) is 35.9 Å². The Kier molecular flexibility index (Phi) is 28.4. The third-order valence-corrected chi connectivity index (χ3v) is 13.9. The number of nitrogens with zero attached hydrogens (tertiary/aromatic N) is 2. The third kappa shape index (κ3) is 22.6. The van der Waals surface area contributed by atoms with Crippen LogP contribution in [0.1, 0.15) is 111 Å². The Morgan fingerprint density at radius 1 is 0.500 bits per heavy atom. The van der Waals surface area contributed by atoms with Crippen molar-refractivity contribution >= 4 is 88.9 Å². The molecule has 0 aromatic heterocycles. The van der Waals surface area contributed by atoms with E-state index >= 15 is 0 Å². The summed E-state index contributed by atoms with van der Waals surface area (Å²) in [5, 5.41) is 76.7. The van der Waals surface area contributed by atoms with Gasteiger partial charge in [-0.1, -0.05) is 58.0 Å². The molecule has 1 aromatic rings. The van der Waals surface area contributed by atoms with Gasteiger partial charge in [0, 0.05) is 32.4 Å². The summed E-state index contributed by atoms with van der Waals surface area (Å²) in [5.74, 6) is -18.6. The lowest BCUT2D eigenvalue weighted by Gasteiger charge is -2.31. The zero-order valence-electron chi connectivity index (χ0n) is 48.3. The zero-order chi connectivity index (χ0) is 64.7. The topological polar surface area (TPSA) is 506 Å². The average Bonchev–Trinajstić information content (AvgIpc) is 2.87. The highest BCUT2D eigenvalue weighted by atomic mass is 16.4. The monoisotopic (exact) mass is 1220 g/mol. The number of likely N-dealkylation sites (tertiary alicyclic amines) is 2. The molecule has 2 aliphatic heterocycles. The summed E-state index contributed by atoms with van der Waals surface area (Å²) < 4.78 is 0. The number of carboxylic acid groups (broad SMARTS) is 5. The van der Waals surface area contributed by atoms with Crippen molar-refractivity contribution in [2.45, 2.75) is 178 Å². The van der Waals surface area contributed by atoms with Crippen molar-refractivity contribution in [1.29, 1.82) is 0 Å². The van der Waals surface area contributed by atoms with Gasteiger partial charge in [-0.2, -0.15) is 0 Å². The van der Waals surface area contributed by atoms with Gasteiger partial charge in [-0.05, 0) is 69.3 Å². The standard InChI is InChI=1S/C54H79N11O21/c1-26(2)21-32(58-44(75)28(5)55)48(79)63-43(27(3)4)51(82)62-36(25-66)53(84)65-20-10-14-38(65)50(81)59-33(23-41(71)72)47(78)56-30(15-17-39(67)68)45(76)60-34(22-29-11-7-6-8-12-29)52(83)64-19-9-13-37(64)49(80)57-31(16-18-40(69)70)46(77)61-35(54(85)86)24-42(73)74/h6-8,11-12,26-28,30-38,43,66H,9-10,13-25,55H2,1-5H3,(H,56,78)(H,57,80)(H,58,75)(H,59,81)(H,60,76)(H,61,77)(H,62,82)(H,63,79)(H,67,68)(H,69,70)(H,71,72)(H,73,74)(H,85,86)/t28-,30-,31-,32-,33-,34-,35-,36-,37-,38-,43-/m0/s1. The summed E-state index contributed by atoms with van der Waals surface area (Å²) in [6.07, 6.45) is -4.92. The second-order valence-corrected chi connectivity index (χ2v) is 21.7. The molecule has 1 aromatic carbocycles. The number of nitrogens with one attached hydrogen (secondary N) is 8. The summed E-state index contributed by atoms with van der Waals surface area (Å²) in [6.45, 7) is 6.93. The second kappa shape index (κ2) is 34.2. The first-order valence-electron chi connectivity index (χ1n) is 27.9. The summed E-state index contributed by atoms with van der Waals surface area (Å²) in [6, 6.07) is -9.13. The van der Waals surface area contributed by atoms with Crippen molar-refractivity contribution in [1.82, 2.24) is 52.3 Å². The molecule has 2 aliphatic rings. The maximum Gasteiger partial charge on any atom is 0.326 e. The molecule has 3 rings (SSSR count). The van der Waals surface area contributed by atoms with Gasteiger partial charge in [-0.15, -0.1) is 0 Å². The lowest BCUT2D eigenvalue weighted by Crippen LogP contribution is -2.61. The fraction of sp³-hybridized carbons (Fsp3) is 0.611. The van der Waals surface area contributed by atoms with Gasteiger partial charge >= 0.3 is 29.8 Å². The van der Waals surface area contributed by atoms with Crippen LogP contribution < -0.4 is 48.3 Å². The minimum Gasteiger partial charge on any atom is -0.481 e. The minimum atomic E-state index is -2.02. The van der Waals surface area contributed by atoms with Crippen molar-refractivity contribution < 1.29 is 103 Å². The molecular formula is C54H79N11O21. The van der Waals surface area contributed by atoms with E-state index in [9.17, 15) is 97.5 Å². The summed E-state index contributed by atoms with van der Waals surface area (Å²) in [5.41, 5.74) is 6.12. The SMILES string of the molecule is CC(C)C[C@H](NC(=O)[C@H](C)N)C(=O)N[C@H](C(=O)N[C@@H](CO)C(=O)N1CCC[C@H]1C(=O)N[C@@H](CC(=O)O)C(=O)N[C@@H](CCC(=O)O)C(=O)N[C@@H](Cc1ccccc1)C(=O)N1CCC[C@H]1C(=O)N[C@@H](CCC(=O)O)C(=O)N[C@@H](CC(=O)O)C(=O)O)C(C)C. The van der Waals surface area contributed by atoms with Crippen LogP contribution in [0.25, 0.3) is 0 Å². The molecule has 16 N–H and O–H groups in total. The van der Waals surface area contributed by atoms with E-state index in [2.05, 4.69) is 37.2 Å². The number of carbonyl (C=O) groups is 15. The van der Waals surface area contributed by atoms with Crippen LogP contribution in [0.5, 0.6) is 0 Å². The van der Waals surface area contributed by atoms with Gasteiger partial charge in [0.1, 0.15) is 60.4 Å². The molecule has 0 aliphatic carbocycles. The van der Waals surface area contributed by atoms with E-state index in [1.165, 1.54) is 6.92 Å². The Hall–Kier alpha value is -8.81. The molecule has 0 bridgehead atoms. The van der Waals surface area contributed by atoms with Crippen LogP contribution in [0.15, 0.2) is 30.3 Å². The number of rotatable bonds is 35. The Balaban J connectivity index is 1.88. The number of hydrogen-bond donors (Lipinski definition) is 15. The molecule has 11 atom stereocenters. The predicted octanol–water partition coefficient (Wildman–Crippen LogP) is -4.11. The van der Waals surface area contributed by atoms with E-state index in [1.54, 1.807) is 58.0 Å². The molecule has 32 nitrogen and oxygen atoms in total. The van der Waals surface area contributed by atoms with Crippen LogP contribution in [0.4, 0.5) is 0 Å². The fourth-order valence-electron chi connectivity index (χ4n) is 9.48. The Morgan fingerprint density at radius 2 is 0.919 bits per heavy atom. The van der Waals surface area contributed by atoms with Crippen molar-refractivity contribution in [3.8, 4) is 0 Å². The number of hydrogen-bond acceptors (Lipinski definition) is 17. The largest absolute Gasteiger partial charge is 0.481 e. The van der Waals surface area contributed by atoms with E-state index in [0.717, 1.165) is 9.80 Å². The first-order valence-corrected chi connectivity index (χ1v) is 27.9. The lowest BCUT2D eigenvalue weighted by atomic mass is 9.99. The molecule has 2 saturated heterocycles. The smallest absolute Gasteiger partial charge is 0.326 e. The first-order chi connectivity index (χ1) is 40.3. The summed E-state index contributed by atoms with van der Waals surface area (Å²) in [4.78, 5) is 198. The van der Waals surface area contributed by atoms with Crippen LogP contribution in [0, 0.1) is 11.8 Å². The molecule has 0 unspecified atom stereocenters. The number of aliphatic carboxylic acids is 5. The lowest BCUT2D eigenvalue weighted by molar-refractivity contribution is -0.147. The normalized spacial score (nSPS) is 17.8. The molecule has 0 saturated carbocycles. The minimum absolute atomic E-state index is 0.0501. The first kappa shape index (κ1) is 71.5. The highest BCUT2D eigenvalue weighted by Gasteiger charge is 2.43. The molecule has 32 heteroatoms. The van der Waals surface area contributed by atoms with Crippen LogP contribution >= 0.6 is 0 Å². The van der Waals surface area contributed by atoms with Crippen LogP contribution in [-0.4, -0.2) is 216 Å². The quantitative estimate of drug-likeness (QED) is 0.0307. The van der Waals surface area contributed by atoms with E-state index in [-0.39, 0.29) is 57.5 Å². The molecule has 0 spiro atoms. The van der Waals surface area contributed by atoms with E-state index in [1.807, 2.05) is 5.32 Å². The predicted molar refractivity (Wildman–Crippen MR) is 296 cm³/mol. The molecule has 86 heavy (non-hydrogen) atoms. The Morgan fingerprint density at radius 3 is 1.37 bits per heavy atom. The highest BCUT2D eigenvalue weighted by Crippen LogP contribution is 2.22. The van der Waals surface area contributed by atoms with Gasteiger partial charge in [0.2, 0.25) is 59.1 Å². The molecule has 2 fully saturated rings. The molecule has 0 radical (unpaired) electrons. The van der Waals surface area contributed by atoms with Gasteiger partial charge in [0.15, 0.2) is 0 Å². The van der Waals surface area contributed by atoms with E-state index < -0.39 is 206 Å². The molecule has 10 amide bonds. The third-order valence-electron chi connectivity index (χ3n) is 13.9. The van der Waals surface area contributed by atoms with E-state index in [4.69, 9.17) is 10.8 Å². The Bertz CT molecular complexity index is 2660. The molecule has 476 valence electrons. The maximum absolute atomic E-state index is 14.6. The molecular weight excluding hydrogens is 1140 g/mol. The van der Waals surface area contributed by atoms with Gasteiger partial charge in [-0.25, -0.2) is 4.79 Å². The maximum atomic E-state index is 14.6. The van der Waals surface area contributed by atoms with Gasteiger partial charge in [0.05, 0.1) is 25.5 Å². The summed E-state index contributed by atoms with van der Waals surface area (Å²) >= 11 is 0. The van der Waals surface area contributed by atoms with Crippen molar-refractivity contribution in [2.24, 2.45) is 17.6 Å². The molecule has 2 heterocycles. The number of carboxylic acids is 5. The summed E-state index contributed by atoms with van der Waals surface area (Å²) in [7, 11) is 0. The highest BCUT2D eigenvalue weighted by molar-refractivity contribution is 6.00. The number of aliphatic hydroxyl groups is 1. The van der Waals surface area contributed by atoms with Crippen LogP contribution in [0.2, 0.25) is 0 Å². The zero-order valence-corrected chi connectivity index (χ0v) is 48.3. The Labute approximate surface area is 493 Å². The van der Waals surface area contributed by atoms with E-state index in [0.29, 0.717) is 5.56 Å². The number of benzene rings is 1. The second-order valence-electron chi connectivity index (χ2n) is 21.7. The van der Waals surface area contributed by atoms with Gasteiger partial charge < -0.3 is 88.7 Å². The fourth-order valence-corrected chi connectivity index (χ4v) is 9.48. The number of nitrogens with two attached hydrogens (primary N) is 1. The average molecular weight is 1220 g/mol. The number of amides is 10. The van der Waals surface area contributed by atoms with Crippen LogP contribution in [0.3, 0.4) is 0 Å².